The Labute approximate surface area is 100 Å². The van der Waals surface area contributed by atoms with E-state index in [4.69, 9.17) is 6.42 Å². The zero-order chi connectivity index (χ0) is 11.8. The summed E-state index contributed by atoms with van der Waals surface area (Å²) >= 11 is 0. The molecule has 92 valence electrons. The van der Waals surface area contributed by atoms with E-state index in [9.17, 15) is 0 Å². The molecule has 3 nitrogen and oxygen atoms in total. The maximum absolute atomic E-state index is 5.21. The molecule has 0 amide bonds. The van der Waals surface area contributed by atoms with Crippen LogP contribution in [0.4, 0.5) is 0 Å². The molecule has 0 aliphatic carbocycles. The van der Waals surface area contributed by atoms with Gasteiger partial charge in [0, 0.05) is 38.8 Å². The Kier molecular flexibility index (Phi) is 6.47. The zero-order valence-electron chi connectivity index (χ0n) is 10.7. The van der Waals surface area contributed by atoms with E-state index in [1.807, 2.05) is 0 Å². The second kappa shape index (κ2) is 7.67. The average Bonchev–Trinajstić information content (AvgIpc) is 2.30. The summed E-state index contributed by atoms with van der Waals surface area (Å²) in [7, 11) is 0. The minimum atomic E-state index is 0.595. The van der Waals surface area contributed by atoms with E-state index in [0.717, 1.165) is 6.54 Å². The summed E-state index contributed by atoms with van der Waals surface area (Å²) in [4.78, 5) is 5.10. The van der Waals surface area contributed by atoms with Crippen LogP contribution in [0.15, 0.2) is 0 Å². The van der Waals surface area contributed by atoms with Crippen LogP contribution in [0.1, 0.15) is 20.3 Å². The van der Waals surface area contributed by atoms with Crippen LogP contribution in [0.5, 0.6) is 0 Å². The van der Waals surface area contributed by atoms with Crippen LogP contribution in [0.25, 0.3) is 0 Å². The van der Waals surface area contributed by atoms with E-state index in [1.54, 1.807) is 0 Å². The van der Waals surface area contributed by atoms with Gasteiger partial charge in [0.25, 0.3) is 0 Å². The van der Waals surface area contributed by atoms with Crippen LogP contribution in [0, 0.1) is 12.3 Å². The Balaban J connectivity index is 2.17. The molecule has 0 aromatic carbocycles. The Hall–Kier alpha value is -0.560. The monoisotopic (exact) mass is 223 g/mol. The smallest absolute Gasteiger partial charge is 0.0574 e. The lowest BCUT2D eigenvalue weighted by molar-refractivity contribution is 0.102. The van der Waals surface area contributed by atoms with Gasteiger partial charge in [-0.15, -0.1) is 6.42 Å². The fourth-order valence-corrected chi connectivity index (χ4v) is 2.23. The van der Waals surface area contributed by atoms with Gasteiger partial charge in [-0.3, -0.25) is 4.90 Å². The van der Waals surface area contributed by atoms with Crippen LogP contribution < -0.4 is 5.32 Å². The van der Waals surface area contributed by atoms with Crippen molar-refractivity contribution in [3.63, 3.8) is 0 Å². The number of nitrogens with zero attached hydrogens (tertiary/aromatic N) is 2. The topological polar surface area (TPSA) is 18.5 Å². The molecule has 3 heteroatoms. The fourth-order valence-electron chi connectivity index (χ4n) is 2.23. The molecule has 1 saturated heterocycles. The number of hydrogen-bond donors (Lipinski definition) is 1. The third kappa shape index (κ3) is 4.52. The molecule has 1 aliphatic rings. The Morgan fingerprint density at radius 1 is 1.31 bits per heavy atom. The normalized spacial score (nSPS) is 20.6. The van der Waals surface area contributed by atoms with Crippen LogP contribution >= 0.6 is 0 Å². The molecule has 0 saturated carbocycles. The molecular formula is C13H25N3. The molecule has 0 bridgehead atoms. The van der Waals surface area contributed by atoms with Crippen LogP contribution in [0.3, 0.4) is 0 Å². The molecule has 0 radical (unpaired) electrons. The summed E-state index contributed by atoms with van der Waals surface area (Å²) in [6.45, 7) is 12.3. The molecular weight excluding hydrogens is 198 g/mol. The van der Waals surface area contributed by atoms with Gasteiger partial charge in [-0.25, -0.2) is 0 Å². The maximum Gasteiger partial charge on any atom is 0.0574 e. The first-order valence-electron chi connectivity index (χ1n) is 6.38. The van der Waals surface area contributed by atoms with Crippen molar-refractivity contribution in [3.05, 3.63) is 0 Å². The molecule has 1 aliphatic heterocycles. The van der Waals surface area contributed by atoms with Crippen molar-refractivity contribution >= 4 is 0 Å². The molecule has 1 N–H and O–H groups in total. The summed E-state index contributed by atoms with van der Waals surface area (Å²) in [6, 6.07) is 0.595. The van der Waals surface area contributed by atoms with Gasteiger partial charge in [-0.1, -0.05) is 12.8 Å². The zero-order valence-corrected chi connectivity index (χ0v) is 10.7. The second-order valence-electron chi connectivity index (χ2n) is 4.56. The Morgan fingerprint density at radius 3 is 2.56 bits per heavy atom. The molecule has 1 heterocycles. The van der Waals surface area contributed by atoms with Gasteiger partial charge in [0.1, 0.15) is 0 Å². The van der Waals surface area contributed by atoms with E-state index in [1.165, 1.54) is 39.1 Å². The van der Waals surface area contributed by atoms with Crippen LogP contribution in [0.2, 0.25) is 0 Å². The van der Waals surface area contributed by atoms with E-state index in [-0.39, 0.29) is 0 Å². The molecule has 1 unspecified atom stereocenters. The molecule has 0 spiro atoms. The maximum atomic E-state index is 5.21. The van der Waals surface area contributed by atoms with Gasteiger partial charge in [0.2, 0.25) is 0 Å². The lowest BCUT2D eigenvalue weighted by Crippen LogP contribution is -2.51. The molecule has 1 atom stereocenters. The first-order chi connectivity index (χ1) is 7.77. The average molecular weight is 223 g/mol. The van der Waals surface area contributed by atoms with Crippen molar-refractivity contribution in [2.75, 3.05) is 45.8 Å². The lowest BCUT2D eigenvalue weighted by atomic mass is 10.2. The van der Waals surface area contributed by atoms with E-state index in [2.05, 4.69) is 34.9 Å². The van der Waals surface area contributed by atoms with Crippen molar-refractivity contribution in [1.29, 1.82) is 0 Å². The SMILES string of the molecule is C#CCNCC(C)N1CCN(CCC)CC1. The summed E-state index contributed by atoms with van der Waals surface area (Å²) < 4.78 is 0. The summed E-state index contributed by atoms with van der Waals surface area (Å²) in [5.74, 6) is 2.61. The predicted octanol–water partition coefficient (Wildman–Crippen LogP) is 0.625. The van der Waals surface area contributed by atoms with E-state index >= 15 is 0 Å². The number of rotatable bonds is 6. The minimum absolute atomic E-state index is 0.595. The predicted molar refractivity (Wildman–Crippen MR) is 69.5 cm³/mol. The van der Waals surface area contributed by atoms with Gasteiger partial charge in [-0.2, -0.15) is 0 Å². The largest absolute Gasteiger partial charge is 0.305 e. The van der Waals surface area contributed by atoms with Crippen molar-refractivity contribution in [2.45, 2.75) is 26.3 Å². The Bertz CT molecular complexity index is 214. The van der Waals surface area contributed by atoms with Crippen molar-refractivity contribution in [2.24, 2.45) is 0 Å². The third-order valence-corrected chi connectivity index (χ3v) is 3.24. The number of terminal acetylenes is 1. The summed E-state index contributed by atoms with van der Waals surface area (Å²) in [5, 5.41) is 3.28. The highest BCUT2D eigenvalue weighted by atomic mass is 15.3. The minimum Gasteiger partial charge on any atom is -0.305 e. The highest BCUT2D eigenvalue weighted by Gasteiger charge is 2.19. The van der Waals surface area contributed by atoms with Crippen LogP contribution in [-0.4, -0.2) is 61.7 Å². The molecule has 16 heavy (non-hydrogen) atoms. The molecule has 1 rings (SSSR count). The molecule has 0 aromatic heterocycles. The third-order valence-electron chi connectivity index (χ3n) is 3.24. The first kappa shape index (κ1) is 13.5. The van der Waals surface area contributed by atoms with Crippen molar-refractivity contribution in [1.82, 2.24) is 15.1 Å². The van der Waals surface area contributed by atoms with E-state index < -0.39 is 0 Å². The second-order valence-corrected chi connectivity index (χ2v) is 4.56. The van der Waals surface area contributed by atoms with Gasteiger partial charge < -0.3 is 10.2 Å². The van der Waals surface area contributed by atoms with Crippen molar-refractivity contribution in [3.8, 4) is 12.3 Å². The summed E-state index contributed by atoms with van der Waals surface area (Å²) in [6.07, 6.45) is 6.48. The van der Waals surface area contributed by atoms with Gasteiger partial charge in [0.15, 0.2) is 0 Å². The van der Waals surface area contributed by atoms with Gasteiger partial charge in [0.05, 0.1) is 6.54 Å². The Morgan fingerprint density at radius 2 is 2.00 bits per heavy atom. The van der Waals surface area contributed by atoms with Gasteiger partial charge in [-0.05, 0) is 19.9 Å². The number of piperazine rings is 1. The highest BCUT2D eigenvalue weighted by molar-refractivity contribution is 4.87. The highest BCUT2D eigenvalue weighted by Crippen LogP contribution is 2.06. The quantitative estimate of drug-likeness (QED) is 0.526. The van der Waals surface area contributed by atoms with E-state index in [0.29, 0.717) is 12.6 Å². The fraction of sp³-hybridized carbons (Fsp3) is 0.846. The van der Waals surface area contributed by atoms with Crippen molar-refractivity contribution < 1.29 is 0 Å². The standard InChI is InChI=1S/C13H25N3/c1-4-6-14-12-13(3)16-10-8-15(7-5-2)9-11-16/h1,13-14H,5-12H2,2-3H3. The number of hydrogen-bond acceptors (Lipinski definition) is 3. The lowest BCUT2D eigenvalue weighted by Gasteiger charge is -2.38. The molecule has 0 aromatic rings. The van der Waals surface area contributed by atoms with Crippen LogP contribution in [-0.2, 0) is 0 Å². The first-order valence-corrected chi connectivity index (χ1v) is 6.38. The molecule has 1 fully saturated rings. The van der Waals surface area contributed by atoms with Gasteiger partial charge >= 0.3 is 0 Å². The number of nitrogens with one attached hydrogen (secondary N) is 1. The summed E-state index contributed by atoms with van der Waals surface area (Å²) in [5.41, 5.74) is 0.